The summed E-state index contributed by atoms with van der Waals surface area (Å²) >= 11 is 0. The molecule has 4 nitrogen and oxygen atoms in total. The van der Waals surface area contributed by atoms with E-state index in [1.807, 2.05) is 18.2 Å². The molecule has 2 saturated heterocycles. The summed E-state index contributed by atoms with van der Waals surface area (Å²) < 4.78 is 37.1. The number of halogens is 3. The number of carbonyl (C=O) groups is 1. The molecule has 1 aromatic rings. The first-order valence-electron chi connectivity index (χ1n) is 8.82. The zero-order valence-corrected chi connectivity index (χ0v) is 14.3. The molecule has 25 heavy (non-hydrogen) atoms. The van der Waals surface area contributed by atoms with Crippen molar-refractivity contribution in [2.24, 2.45) is 5.41 Å². The molecule has 2 aliphatic rings. The predicted molar refractivity (Wildman–Crippen MR) is 87.7 cm³/mol. The Balaban J connectivity index is 1.46. The number of aromatic nitrogens is 1. The summed E-state index contributed by atoms with van der Waals surface area (Å²) in [5.41, 5.74) is 1.25. The van der Waals surface area contributed by atoms with Crippen LogP contribution in [0.25, 0.3) is 0 Å². The number of amides is 1. The van der Waals surface area contributed by atoms with Crippen molar-refractivity contribution in [1.82, 2.24) is 14.8 Å². The van der Waals surface area contributed by atoms with Crippen molar-refractivity contribution in [3.63, 3.8) is 0 Å². The average Bonchev–Trinajstić information content (AvgIpc) is 2.57. The van der Waals surface area contributed by atoms with Crippen molar-refractivity contribution in [2.75, 3.05) is 26.2 Å². The van der Waals surface area contributed by atoms with Crippen LogP contribution in [-0.4, -0.2) is 53.0 Å². The molecule has 2 aliphatic heterocycles. The van der Waals surface area contributed by atoms with Gasteiger partial charge >= 0.3 is 6.18 Å². The standard InChI is InChI=1S/C18H24F3N3O/c19-18(20,21)13-16(25)24-11-6-17(7-12-24)4-9-23(10-5-17)14-15-3-1-2-8-22-15/h1-3,8H,4-7,9-14H2. The van der Waals surface area contributed by atoms with Gasteiger partial charge < -0.3 is 4.90 Å². The molecule has 7 heteroatoms. The van der Waals surface area contributed by atoms with Crippen LogP contribution in [0.3, 0.4) is 0 Å². The lowest BCUT2D eigenvalue weighted by molar-refractivity contribution is -0.163. The van der Waals surface area contributed by atoms with Crippen molar-refractivity contribution >= 4 is 5.91 Å². The average molecular weight is 355 g/mol. The number of nitrogens with zero attached hydrogens (tertiary/aromatic N) is 3. The van der Waals surface area contributed by atoms with Crippen molar-refractivity contribution in [1.29, 1.82) is 0 Å². The number of piperidine rings is 2. The van der Waals surface area contributed by atoms with Gasteiger partial charge in [-0.3, -0.25) is 14.7 Å². The second-order valence-electron chi connectivity index (χ2n) is 7.27. The van der Waals surface area contributed by atoms with Gasteiger partial charge in [-0.15, -0.1) is 0 Å². The molecule has 3 rings (SSSR count). The van der Waals surface area contributed by atoms with Crippen LogP contribution in [0.5, 0.6) is 0 Å². The van der Waals surface area contributed by atoms with E-state index in [4.69, 9.17) is 0 Å². The van der Waals surface area contributed by atoms with Crippen LogP contribution in [0.4, 0.5) is 13.2 Å². The first-order valence-corrected chi connectivity index (χ1v) is 8.82. The van der Waals surface area contributed by atoms with E-state index in [2.05, 4.69) is 9.88 Å². The van der Waals surface area contributed by atoms with Gasteiger partial charge in [-0.25, -0.2) is 0 Å². The Kier molecular flexibility index (Phi) is 5.32. The summed E-state index contributed by atoms with van der Waals surface area (Å²) in [4.78, 5) is 19.9. The van der Waals surface area contributed by atoms with E-state index in [0.29, 0.717) is 13.1 Å². The smallest absolute Gasteiger partial charge is 0.342 e. The molecule has 138 valence electrons. The van der Waals surface area contributed by atoms with Crippen molar-refractivity contribution in [3.8, 4) is 0 Å². The second-order valence-corrected chi connectivity index (χ2v) is 7.27. The van der Waals surface area contributed by atoms with Gasteiger partial charge in [0.15, 0.2) is 0 Å². The molecule has 0 bridgehead atoms. The van der Waals surface area contributed by atoms with Crippen molar-refractivity contribution < 1.29 is 18.0 Å². The number of pyridine rings is 1. The molecule has 0 unspecified atom stereocenters. The van der Waals surface area contributed by atoms with Gasteiger partial charge in [0, 0.05) is 25.8 Å². The molecule has 0 aromatic carbocycles. The number of likely N-dealkylation sites (tertiary alicyclic amines) is 2. The first-order chi connectivity index (χ1) is 11.9. The van der Waals surface area contributed by atoms with Crippen molar-refractivity contribution in [3.05, 3.63) is 30.1 Å². The van der Waals surface area contributed by atoms with E-state index in [1.54, 1.807) is 6.20 Å². The van der Waals surface area contributed by atoms with E-state index in [-0.39, 0.29) is 5.41 Å². The molecule has 1 spiro atoms. The van der Waals surface area contributed by atoms with Gasteiger partial charge in [-0.1, -0.05) is 6.07 Å². The third-order valence-electron chi connectivity index (χ3n) is 5.56. The maximum Gasteiger partial charge on any atom is 0.397 e. The molecule has 1 aromatic heterocycles. The minimum Gasteiger partial charge on any atom is -0.342 e. The summed E-state index contributed by atoms with van der Waals surface area (Å²) in [6.45, 7) is 3.71. The highest BCUT2D eigenvalue weighted by Gasteiger charge is 2.40. The van der Waals surface area contributed by atoms with E-state index in [0.717, 1.165) is 51.0 Å². The highest BCUT2D eigenvalue weighted by molar-refractivity contribution is 5.76. The Morgan fingerprint density at radius 2 is 1.72 bits per heavy atom. The SMILES string of the molecule is O=C(CC(F)(F)F)N1CCC2(CCN(Cc3ccccn3)CC2)CC1. The predicted octanol–water partition coefficient (Wildman–Crippen LogP) is 3.24. The van der Waals surface area contributed by atoms with Gasteiger partial charge in [0.25, 0.3) is 0 Å². The minimum absolute atomic E-state index is 0.190. The molecular formula is C18H24F3N3O. The Morgan fingerprint density at radius 1 is 1.08 bits per heavy atom. The third kappa shape index (κ3) is 4.93. The van der Waals surface area contributed by atoms with Crippen LogP contribution < -0.4 is 0 Å². The van der Waals surface area contributed by atoms with Gasteiger partial charge in [0.2, 0.25) is 5.91 Å². The first kappa shape index (κ1) is 18.2. The van der Waals surface area contributed by atoms with E-state index >= 15 is 0 Å². The van der Waals surface area contributed by atoms with Gasteiger partial charge in [-0.05, 0) is 56.3 Å². The molecule has 2 fully saturated rings. The molecule has 3 heterocycles. The summed E-state index contributed by atoms with van der Waals surface area (Å²) in [5, 5.41) is 0. The Labute approximate surface area is 146 Å². The molecule has 0 radical (unpaired) electrons. The largest absolute Gasteiger partial charge is 0.397 e. The Hall–Kier alpha value is -1.63. The van der Waals surface area contributed by atoms with Crippen LogP contribution in [0.15, 0.2) is 24.4 Å². The number of hydrogen-bond acceptors (Lipinski definition) is 3. The quantitative estimate of drug-likeness (QED) is 0.835. The lowest BCUT2D eigenvalue weighted by Crippen LogP contribution is -2.48. The maximum atomic E-state index is 12.4. The number of carbonyl (C=O) groups excluding carboxylic acids is 1. The lowest BCUT2D eigenvalue weighted by Gasteiger charge is -2.47. The molecule has 0 atom stereocenters. The fraction of sp³-hybridized carbons (Fsp3) is 0.667. The molecule has 0 saturated carbocycles. The van der Waals surface area contributed by atoms with Crippen LogP contribution in [0.2, 0.25) is 0 Å². The highest BCUT2D eigenvalue weighted by atomic mass is 19.4. The molecule has 1 amide bonds. The summed E-state index contributed by atoms with van der Waals surface area (Å²) in [5.74, 6) is -0.782. The number of rotatable bonds is 3. The minimum atomic E-state index is -4.41. The van der Waals surface area contributed by atoms with Gasteiger partial charge in [0.05, 0.1) is 5.69 Å². The topological polar surface area (TPSA) is 36.4 Å². The summed E-state index contributed by atoms with van der Waals surface area (Å²) in [7, 11) is 0. The van der Waals surface area contributed by atoms with Crippen molar-refractivity contribution in [2.45, 2.75) is 44.8 Å². The fourth-order valence-corrected chi connectivity index (χ4v) is 3.92. The zero-order valence-electron chi connectivity index (χ0n) is 14.3. The van der Waals surface area contributed by atoms with Crippen LogP contribution in [-0.2, 0) is 11.3 Å². The van der Waals surface area contributed by atoms with E-state index < -0.39 is 18.5 Å². The zero-order chi connectivity index (χ0) is 17.9. The number of alkyl halides is 3. The molecular weight excluding hydrogens is 331 g/mol. The van der Waals surface area contributed by atoms with Crippen LogP contribution in [0.1, 0.15) is 37.8 Å². The highest BCUT2D eigenvalue weighted by Crippen LogP contribution is 2.41. The third-order valence-corrected chi connectivity index (χ3v) is 5.56. The van der Waals surface area contributed by atoms with Gasteiger partial charge in [0.1, 0.15) is 6.42 Å². The molecule has 0 N–H and O–H groups in total. The summed E-state index contributed by atoms with van der Waals surface area (Å²) in [6, 6.07) is 5.92. The van der Waals surface area contributed by atoms with E-state index in [9.17, 15) is 18.0 Å². The van der Waals surface area contributed by atoms with Crippen LogP contribution >= 0.6 is 0 Å². The monoisotopic (exact) mass is 355 g/mol. The fourth-order valence-electron chi connectivity index (χ4n) is 3.92. The second kappa shape index (κ2) is 7.32. The van der Waals surface area contributed by atoms with Gasteiger partial charge in [-0.2, -0.15) is 13.2 Å². The maximum absolute atomic E-state index is 12.4. The van der Waals surface area contributed by atoms with E-state index in [1.165, 1.54) is 4.90 Å². The van der Waals surface area contributed by atoms with Crippen LogP contribution in [0, 0.1) is 5.41 Å². The lowest BCUT2D eigenvalue weighted by atomic mass is 9.71. The Morgan fingerprint density at radius 3 is 2.28 bits per heavy atom. The normalized spacial score (nSPS) is 21.5. The summed E-state index contributed by atoms with van der Waals surface area (Å²) in [6.07, 6.45) is -0.236. The Bertz CT molecular complexity index is 573. The number of hydrogen-bond donors (Lipinski definition) is 0. The molecule has 0 aliphatic carbocycles.